The van der Waals surface area contributed by atoms with Crippen LogP contribution in [0.25, 0.3) is 0 Å². The van der Waals surface area contributed by atoms with Crippen LogP contribution >= 0.6 is 15.9 Å². The van der Waals surface area contributed by atoms with Crippen molar-refractivity contribution in [3.05, 3.63) is 21.0 Å². The number of rotatable bonds is 7. The molecule has 118 valence electrons. The molecule has 0 saturated carbocycles. The summed E-state index contributed by atoms with van der Waals surface area (Å²) >= 11 is 3.28. The van der Waals surface area contributed by atoms with Crippen LogP contribution in [-0.2, 0) is 11.3 Å². The van der Waals surface area contributed by atoms with E-state index in [0.29, 0.717) is 29.2 Å². The summed E-state index contributed by atoms with van der Waals surface area (Å²) < 4.78 is 1.81. The number of nitrogens with one attached hydrogen (secondary N) is 2. The molecular weight excluding hydrogens is 336 g/mol. The number of anilines is 1. The van der Waals surface area contributed by atoms with Gasteiger partial charge in [-0.05, 0) is 35.2 Å². The quantitative estimate of drug-likeness (QED) is 0.781. The van der Waals surface area contributed by atoms with E-state index in [1.165, 1.54) is 4.68 Å². The van der Waals surface area contributed by atoms with Crippen molar-refractivity contribution >= 4 is 27.5 Å². The number of aromatic nitrogens is 2. The maximum absolute atomic E-state index is 12.2. The van der Waals surface area contributed by atoms with Crippen LogP contribution in [0.1, 0.15) is 34.1 Å². The Hall–Kier alpha value is -1.37. The van der Waals surface area contributed by atoms with Crippen LogP contribution in [0.4, 0.5) is 5.69 Å². The van der Waals surface area contributed by atoms with Gasteiger partial charge in [-0.25, -0.2) is 4.68 Å². The highest BCUT2D eigenvalue weighted by Gasteiger charge is 2.16. The van der Waals surface area contributed by atoms with E-state index in [-0.39, 0.29) is 11.5 Å². The molecular formula is C14H23BrN4O2. The van der Waals surface area contributed by atoms with Gasteiger partial charge in [0.15, 0.2) is 0 Å². The molecule has 6 nitrogen and oxygen atoms in total. The predicted octanol–water partition coefficient (Wildman–Crippen LogP) is 1.99. The molecule has 1 atom stereocenters. The maximum Gasteiger partial charge on any atom is 0.283 e. The molecule has 0 aliphatic carbocycles. The van der Waals surface area contributed by atoms with Crippen LogP contribution in [0, 0.1) is 5.92 Å². The Labute approximate surface area is 133 Å². The summed E-state index contributed by atoms with van der Waals surface area (Å²) in [6.45, 7) is 8.98. The van der Waals surface area contributed by atoms with E-state index in [1.807, 2.05) is 20.8 Å². The fourth-order valence-corrected chi connectivity index (χ4v) is 2.16. The highest BCUT2D eigenvalue weighted by Crippen LogP contribution is 2.17. The molecule has 21 heavy (non-hydrogen) atoms. The number of hydrogen-bond acceptors (Lipinski definition) is 4. The minimum absolute atomic E-state index is 0.102. The Bertz CT molecular complexity index is 542. The summed E-state index contributed by atoms with van der Waals surface area (Å²) in [5.41, 5.74) is 0.328. The van der Waals surface area contributed by atoms with Crippen molar-refractivity contribution in [2.75, 3.05) is 11.9 Å². The van der Waals surface area contributed by atoms with Gasteiger partial charge in [-0.15, -0.1) is 0 Å². The third-order valence-electron chi connectivity index (χ3n) is 2.84. The van der Waals surface area contributed by atoms with Crippen LogP contribution < -0.4 is 16.2 Å². The average Bonchev–Trinajstić information content (AvgIpc) is 2.43. The lowest BCUT2D eigenvalue weighted by atomic mass is 10.2. The van der Waals surface area contributed by atoms with Gasteiger partial charge in [0.1, 0.15) is 10.5 Å². The smallest absolute Gasteiger partial charge is 0.283 e. The van der Waals surface area contributed by atoms with E-state index >= 15 is 0 Å². The zero-order chi connectivity index (χ0) is 16.0. The van der Waals surface area contributed by atoms with Gasteiger partial charge in [0.2, 0.25) is 5.91 Å². The van der Waals surface area contributed by atoms with Gasteiger partial charge in [-0.3, -0.25) is 9.59 Å². The van der Waals surface area contributed by atoms with Gasteiger partial charge in [0.25, 0.3) is 5.56 Å². The first-order chi connectivity index (χ1) is 9.86. The van der Waals surface area contributed by atoms with Crippen molar-refractivity contribution < 1.29 is 4.79 Å². The second-order valence-electron chi connectivity index (χ2n) is 5.41. The Morgan fingerprint density at radius 2 is 2.10 bits per heavy atom. The van der Waals surface area contributed by atoms with Crippen LogP contribution in [0.5, 0.6) is 0 Å². The summed E-state index contributed by atoms with van der Waals surface area (Å²) in [5, 5.41) is 9.94. The topological polar surface area (TPSA) is 76.0 Å². The summed E-state index contributed by atoms with van der Waals surface area (Å²) in [5.74, 6) is 0.231. The Kier molecular flexibility index (Phi) is 6.87. The van der Waals surface area contributed by atoms with Crippen LogP contribution in [0.15, 0.2) is 15.5 Å². The molecule has 0 aliphatic heterocycles. The Balaban J connectivity index is 2.83. The summed E-state index contributed by atoms with van der Waals surface area (Å²) in [4.78, 5) is 24.0. The molecule has 0 bridgehead atoms. The van der Waals surface area contributed by atoms with Gasteiger partial charge in [0.05, 0.1) is 11.9 Å². The molecule has 0 aromatic carbocycles. The standard InChI is InChI=1S/C14H23BrN4O2/c1-5-6-16-13(20)10(4)18-11-7-17-19(8-9(2)3)14(21)12(11)15/h7,9-10,18H,5-6,8H2,1-4H3,(H,16,20). The first-order valence-electron chi connectivity index (χ1n) is 7.16. The van der Waals surface area contributed by atoms with Crippen molar-refractivity contribution in [3.63, 3.8) is 0 Å². The lowest BCUT2D eigenvalue weighted by Gasteiger charge is -2.16. The van der Waals surface area contributed by atoms with E-state index in [0.717, 1.165) is 6.42 Å². The summed E-state index contributed by atoms with van der Waals surface area (Å²) in [6, 6.07) is -0.435. The number of hydrogen-bond donors (Lipinski definition) is 2. The SMILES string of the molecule is CCCNC(=O)C(C)Nc1cnn(CC(C)C)c(=O)c1Br. The number of carbonyl (C=O) groups excluding carboxylic acids is 1. The van der Waals surface area contributed by atoms with Crippen molar-refractivity contribution in [1.82, 2.24) is 15.1 Å². The summed E-state index contributed by atoms with van der Waals surface area (Å²) in [6.07, 6.45) is 2.45. The molecule has 7 heteroatoms. The van der Waals surface area contributed by atoms with Gasteiger partial charge < -0.3 is 10.6 Å². The van der Waals surface area contributed by atoms with E-state index < -0.39 is 6.04 Å². The minimum atomic E-state index is -0.435. The molecule has 2 N–H and O–H groups in total. The fourth-order valence-electron chi connectivity index (χ4n) is 1.74. The third-order valence-corrected chi connectivity index (χ3v) is 3.60. The number of nitrogens with zero attached hydrogens (tertiary/aromatic N) is 2. The van der Waals surface area contributed by atoms with E-state index in [2.05, 4.69) is 31.7 Å². The number of halogens is 1. The van der Waals surface area contributed by atoms with Crippen LogP contribution in [0.3, 0.4) is 0 Å². The fraction of sp³-hybridized carbons (Fsp3) is 0.643. The molecule has 0 radical (unpaired) electrons. The van der Waals surface area contributed by atoms with Gasteiger partial charge in [0, 0.05) is 13.1 Å². The molecule has 0 fully saturated rings. The molecule has 1 heterocycles. The van der Waals surface area contributed by atoms with E-state index in [4.69, 9.17) is 0 Å². The Morgan fingerprint density at radius 1 is 1.43 bits per heavy atom. The monoisotopic (exact) mass is 358 g/mol. The average molecular weight is 359 g/mol. The highest BCUT2D eigenvalue weighted by atomic mass is 79.9. The predicted molar refractivity (Wildman–Crippen MR) is 87.4 cm³/mol. The van der Waals surface area contributed by atoms with Gasteiger partial charge >= 0.3 is 0 Å². The third kappa shape index (κ3) is 5.15. The van der Waals surface area contributed by atoms with E-state index in [9.17, 15) is 9.59 Å². The molecule has 0 aliphatic rings. The van der Waals surface area contributed by atoms with Crippen molar-refractivity contribution in [1.29, 1.82) is 0 Å². The van der Waals surface area contributed by atoms with Gasteiger partial charge in [-0.2, -0.15) is 5.10 Å². The second-order valence-corrected chi connectivity index (χ2v) is 6.20. The minimum Gasteiger partial charge on any atom is -0.372 e. The molecule has 1 rings (SSSR count). The van der Waals surface area contributed by atoms with Crippen molar-refractivity contribution in [2.45, 2.75) is 46.7 Å². The number of amides is 1. The van der Waals surface area contributed by atoms with Crippen LogP contribution in [0.2, 0.25) is 0 Å². The lowest BCUT2D eigenvalue weighted by molar-refractivity contribution is -0.121. The highest BCUT2D eigenvalue weighted by molar-refractivity contribution is 9.10. The van der Waals surface area contributed by atoms with Gasteiger partial charge in [-0.1, -0.05) is 20.8 Å². The summed E-state index contributed by atoms with van der Waals surface area (Å²) in [7, 11) is 0. The van der Waals surface area contributed by atoms with Crippen molar-refractivity contribution in [2.24, 2.45) is 5.92 Å². The van der Waals surface area contributed by atoms with E-state index in [1.54, 1.807) is 13.1 Å². The maximum atomic E-state index is 12.2. The molecule has 0 saturated heterocycles. The molecule has 1 aromatic rings. The molecule has 1 aromatic heterocycles. The number of carbonyl (C=O) groups is 1. The molecule has 0 spiro atoms. The molecule has 1 unspecified atom stereocenters. The zero-order valence-corrected chi connectivity index (χ0v) is 14.5. The largest absolute Gasteiger partial charge is 0.372 e. The zero-order valence-electron chi connectivity index (χ0n) is 12.9. The molecule has 1 amide bonds. The van der Waals surface area contributed by atoms with Crippen molar-refractivity contribution in [3.8, 4) is 0 Å². The normalized spacial score (nSPS) is 12.3. The Morgan fingerprint density at radius 3 is 2.67 bits per heavy atom. The van der Waals surface area contributed by atoms with Crippen LogP contribution in [-0.4, -0.2) is 28.3 Å². The first kappa shape index (κ1) is 17.7. The lowest BCUT2D eigenvalue weighted by Crippen LogP contribution is -2.38. The first-order valence-corrected chi connectivity index (χ1v) is 7.96. The second kappa shape index (κ2) is 8.17.